The van der Waals surface area contributed by atoms with Crippen molar-refractivity contribution in [3.8, 4) is 0 Å². The normalized spacial score (nSPS) is 10.7. The van der Waals surface area contributed by atoms with Gasteiger partial charge in [-0.25, -0.2) is 0 Å². The number of rotatable bonds is 7. The number of carbonyl (C=O) groups excluding carboxylic acids is 1. The highest BCUT2D eigenvalue weighted by atomic mass is 35.5. The molecular formula is C12H17ClN2O4. The van der Waals surface area contributed by atoms with E-state index < -0.39 is 10.8 Å². The molecule has 1 aromatic heterocycles. The zero-order valence-corrected chi connectivity index (χ0v) is 11.7. The molecule has 1 heterocycles. The highest BCUT2D eigenvalue weighted by Gasteiger charge is 2.26. The molecule has 6 nitrogen and oxygen atoms in total. The van der Waals surface area contributed by atoms with Crippen LogP contribution in [0, 0.1) is 10.1 Å². The molecule has 7 heteroatoms. The van der Waals surface area contributed by atoms with E-state index in [0.717, 1.165) is 12.8 Å². The number of nitrogens with zero attached hydrogens (tertiary/aromatic N) is 2. The molecule has 0 atom stereocenters. The van der Waals surface area contributed by atoms with Crippen LogP contribution in [0.25, 0.3) is 0 Å². The maximum atomic E-state index is 12.3. The van der Waals surface area contributed by atoms with Crippen LogP contribution in [0.1, 0.15) is 37.2 Å². The van der Waals surface area contributed by atoms with Gasteiger partial charge in [0.05, 0.1) is 6.07 Å². The van der Waals surface area contributed by atoms with Gasteiger partial charge >= 0.3 is 5.88 Å². The molecule has 0 bridgehead atoms. The molecule has 1 amide bonds. The molecule has 1 rings (SSSR count). The molecule has 19 heavy (non-hydrogen) atoms. The number of amides is 1. The molecule has 0 aliphatic heterocycles. The predicted molar refractivity (Wildman–Crippen MR) is 71.5 cm³/mol. The van der Waals surface area contributed by atoms with Crippen LogP contribution in [0.15, 0.2) is 16.5 Å². The fraction of sp³-hybridized carbons (Fsp3) is 0.583. The molecule has 0 aromatic carbocycles. The van der Waals surface area contributed by atoms with Crippen LogP contribution in [0.2, 0.25) is 0 Å². The van der Waals surface area contributed by atoms with Gasteiger partial charge in [0.2, 0.25) is 0 Å². The van der Waals surface area contributed by atoms with E-state index in [2.05, 4.69) is 0 Å². The number of carbonyl (C=O) groups is 1. The lowest BCUT2D eigenvalue weighted by Gasteiger charge is -2.29. The van der Waals surface area contributed by atoms with E-state index in [1.54, 1.807) is 4.90 Å². The molecule has 0 spiro atoms. The average molecular weight is 289 g/mol. The molecule has 0 radical (unpaired) electrons. The predicted octanol–water partition coefficient (Wildman–Crippen LogP) is 3.06. The van der Waals surface area contributed by atoms with Crippen LogP contribution < -0.4 is 0 Å². The van der Waals surface area contributed by atoms with Gasteiger partial charge in [-0.3, -0.25) is 14.9 Å². The lowest BCUT2D eigenvalue weighted by Crippen LogP contribution is -2.40. The van der Waals surface area contributed by atoms with Crippen LogP contribution in [-0.2, 0) is 0 Å². The molecule has 1 aromatic rings. The molecule has 0 saturated heterocycles. The first-order valence-corrected chi connectivity index (χ1v) is 6.69. The molecule has 106 valence electrons. The van der Waals surface area contributed by atoms with Gasteiger partial charge in [-0.2, -0.15) is 0 Å². The van der Waals surface area contributed by atoms with Crippen molar-refractivity contribution in [3.63, 3.8) is 0 Å². The molecule has 0 aliphatic carbocycles. The Morgan fingerprint density at radius 3 is 2.53 bits per heavy atom. The Balaban J connectivity index is 2.94. The second kappa shape index (κ2) is 7.13. The number of nitro groups is 1. The summed E-state index contributed by atoms with van der Waals surface area (Å²) in [5, 5.41) is 10.5. The monoisotopic (exact) mass is 288 g/mol. The first-order valence-electron chi connectivity index (χ1n) is 6.16. The summed E-state index contributed by atoms with van der Waals surface area (Å²) in [7, 11) is 0. The van der Waals surface area contributed by atoms with E-state index in [-0.39, 0.29) is 17.7 Å². The Hall–Kier alpha value is -1.56. The van der Waals surface area contributed by atoms with Gasteiger partial charge in [0.15, 0.2) is 5.76 Å². The zero-order valence-electron chi connectivity index (χ0n) is 11.0. The lowest BCUT2D eigenvalue weighted by atomic mass is 10.1. The van der Waals surface area contributed by atoms with E-state index in [9.17, 15) is 14.9 Å². The summed E-state index contributed by atoms with van der Waals surface area (Å²) >= 11 is 5.71. The van der Waals surface area contributed by atoms with Gasteiger partial charge in [-0.1, -0.05) is 13.8 Å². The van der Waals surface area contributed by atoms with Crippen LogP contribution in [0.3, 0.4) is 0 Å². The summed E-state index contributed by atoms with van der Waals surface area (Å²) in [5.41, 5.74) is 0. The molecule has 0 saturated carbocycles. The Bertz CT molecular complexity index is 443. The number of furan rings is 1. The highest BCUT2D eigenvalue weighted by molar-refractivity contribution is 6.18. The largest absolute Gasteiger partial charge is 0.433 e. The topological polar surface area (TPSA) is 76.6 Å². The third-order valence-corrected chi connectivity index (χ3v) is 3.12. The first-order chi connectivity index (χ1) is 9.04. The SMILES string of the molecule is CCC(CC)N(CCCl)C(=O)c1ccc([N+](=O)[O-])o1. The fourth-order valence-electron chi connectivity index (χ4n) is 1.95. The second-order valence-electron chi connectivity index (χ2n) is 4.05. The minimum Gasteiger partial charge on any atom is -0.395 e. The van der Waals surface area contributed by atoms with Crippen LogP contribution in [0.4, 0.5) is 5.88 Å². The third kappa shape index (κ3) is 3.70. The van der Waals surface area contributed by atoms with Gasteiger partial charge < -0.3 is 9.32 Å². The van der Waals surface area contributed by atoms with Crippen molar-refractivity contribution in [2.24, 2.45) is 0 Å². The number of hydrogen-bond acceptors (Lipinski definition) is 4. The first kappa shape index (κ1) is 15.5. The molecule has 0 N–H and O–H groups in total. The van der Waals surface area contributed by atoms with E-state index in [1.165, 1.54) is 12.1 Å². The van der Waals surface area contributed by atoms with E-state index in [4.69, 9.17) is 16.0 Å². The van der Waals surface area contributed by atoms with Gasteiger partial charge in [-0.15, -0.1) is 11.6 Å². The molecule has 0 unspecified atom stereocenters. The summed E-state index contributed by atoms with van der Waals surface area (Å²) in [6, 6.07) is 2.55. The maximum Gasteiger partial charge on any atom is 0.433 e. The van der Waals surface area contributed by atoms with Crippen molar-refractivity contribution >= 4 is 23.4 Å². The summed E-state index contributed by atoms with van der Waals surface area (Å²) in [6.45, 7) is 4.35. The van der Waals surface area contributed by atoms with Crippen molar-refractivity contribution in [3.05, 3.63) is 28.0 Å². The van der Waals surface area contributed by atoms with Gasteiger partial charge in [-0.05, 0) is 18.9 Å². The van der Waals surface area contributed by atoms with Crippen molar-refractivity contribution in [1.29, 1.82) is 0 Å². The lowest BCUT2D eigenvalue weighted by molar-refractivity contribution is -0.402. The maximum absolute atomic E-state index is 12.3. The summed E-state index contributed by atoms with van der Waals surface area (Å²) in [4.78, 5) is 23.8. The zero-order chi connectivity index (χ0) is 14.4. The Morgan fingerprint density at radius 2 is 2.11 bits per heavy atom. The van der Waals surface area contributed by atoms with Gasteiger partial charge in [0.1, 0.15) is 4.92 Å². The van der Waals surface area contributed by atoms with E-state index >= 15 is 0 Å². The third-order valence-electron chi connectivity index (χ3n) is 2.95. The minimum atomic E-state index is -0.667. The Labute approximate surface area is 116 Å². The van der Waals surface area contributed by atoms with Crippen LogP contribution in [0.5, 0.6) is 0 Å². The van der Waals surface area contributed by atoms with Crippen molar-refractivity contribution in [2.45, 2.75) is 32.7 Å². The molecule has 0 fully saturated rings. The van der Waals surface area contributed by atoms with Crippen molar-refractivity contribution in [1.82, 2.24) is 4.90 Å². The standard InChI is InChI=1S/C12H17ClN2O4/c1-3-9(4-2)14(8-7-13)12(16)10-5-6-11(19-10)15(17)18/h5-6,9H,3-4,7-8H2,1-2H3. The smallest absolute Gasteiger partial charge is 0.395 e. The number of halogens is 1. The number of hydrogen-bond donors (Lipinski definition) is 0. The highest BCUT2D eigenvalue weighted by Crippen LogP contribution is 2.19. The van der Waals surface area contributed by atoms with E-state index in [1.807, 2.05) is 13.8 Å². The summed E-state index contributed by atoms with van der Waals surface area (Å²) in [5.74, 6) is -0.504. The molecule has 0 aliphatic rings. The Kier molecular flexibility index (Phi) is 5.82. The van der Waals surface area contributed by atoms with E-state index in [0.29, 0.717) is 12.4 Å². The Morgan fingerprint density at radius 1 is 1.47 bits per heavy atom. The second-order valence-corrected chi connectivity index (χ2v) is 4.43. The average Bonchev–Trinajstić information content (AvgIpc) is 2.88. The van der Waals surface area contributed by atoms with Crippen molar-refractivity contribution < 1.29 is 14.1 Å². The van der Waals surface area contributed by atoms with Crippen LogP contribution in [-0.4, -0.2) is 34.2 Å². The van der Waals surface area contributed by atoms with Crippen LogP contribution >= 0.6 is 11.6 Å². The molecular weight excluding hydrogens is 272 g/mol. The van der Waals surface area contributed by atoms with Gasteiger partial charge in [0.25, 0.3) is 5.91 Å². The van der Waals surface area contributed by atoms with Crippen molar-refractivity contribution in [2.75, 3.05) is 12.4 Å². The van der Waals surface area contributed by atoms with Gasteiger partial charge in [0, 0.05) is 18.5 Å². The quantitative estimate of drug-likeness (QED) is 0.439. The minimum absolute atomic E-state index is 0.0243. The summed E-state index contributed by atoms with van der Waals surface area (Å²) in [6.07, 6.45) is 1.59. The number of alkyl halides is 1. The fourth-order valence-corrected chi connectivity index (χ4v) is 2.13. The summed E-state index contributed by atoms with van der Waals surface area (Å²) < 4.78 is 4.94.